The van der Waals surface area contributed by atoms with Crippen LogP contribution >= 0.6 is 0 Å². The molecular formula is C22H27N9O2. The van der Waals surface area contributed by atoms with E-state index in [1.807, 2.05) is 42.4 Å². The fourth-order valence-electron chi connectivity index (χ4n) is 4.18. The van der Waals surface area contributed by atoms with E-state index < -0.39 is 12.1 Å². The van der Waals surface area contributed by atoms with Gasteiger partial charge in [0, 0.05) is 37.8 Å². The van der Waals surface area contributed by atoms with Crippen LogP contribution in [0.15, 0.2) is 43.0 Å². The molecule has 11 heteroatoms. The molecule has 2 aliphatic rings. The minimum Gasteiger partial charge on any atom is -0.367 e. The summed E-state index contributed by atoms with van der Waals surface area (Å²) in [4.78, 5) is 33.2. The number of benzene rings is 1. The molecule has 33 heavy (non-hydrogen) atoms. The molecule has 0 bridgehead atoms. The number of hydrogen-bond acceptors (Lipinski definition) is 9. The lowest BCUT2D eigenvalue weighted by Crippen LogP contribution is -2.49. The zero-order chi connectivity index (χ0) is 23.2. The van der Waals surface area contributed by atoms with Crippen LogP contribution in [0.5, 0.6) is 0 Å². The summed E-state index contributed by atoms with van der Waals surface area (Å²) in [5, 5.41) is 8.83. The third-order valence-corrected chi connectivity index (χ3v) is 6.23. The molecule has 11 nitrogen and oxygen atoms in total. The number of hydrogen-bond donors (Lipinski definition) is 2. The van der Waals surface area contributed by atoms with Gasteiger partial charge >= 0.3 is 0 Å². The molecule has 1 saturated heterocycles. The molecule has 2 atom stereocenters. The highest BCUT2D eigenvalue weighted by Crippen LogP contribution is 2.52. The van der Waals surface area contributed by atoms with Gasteiger partial charge in [-0.2, -0.15) is 15.1 Å². The van der Waals surface area contributed by atoms with E-state index in [0.29, 0.717) is 18.3 Å². The average molecular weight is 450 g/mol. The molecule has 0 spiro atoms. The Labute approximate surface area is 191 Å². The Balaban J connectivity index is 1.33. The summed E-state index contributed by atoms with van der Waals surface area (Å²) in [6.07, 6.45) is 6.38. The molecule has 3 aromatic rings. The second-order valence-corrected chi connectivity index (χ2v) is 8.96. The Kier molecular flexibility index (Phi) is 5.31. The number of hydroxylamine groups is 2. The van der Waals surface area contributed by atoms with Crippen LogP contribution in [0.25, 0.3) is 11.4 Å². The van der Waals surface area contributed by atoms with Gasteiger partial charge in [0.15, 0.2) is 12.0 Å². The van der Waals surface area contributed by atoms with Crippen molar-refractivity contribution in [3.05, 3.63) is 48.5 Å². The summed E-state index contributed by atoms with van der Waals surface area (Å²) >= 11 is 0. The quantitative estimate of drug-likeness (QED) is 0.553. The van der Waals surface area contributed by atoms with Gasteiger partial charge in [-0.3, -0.25) is 14.3 Å². The van der Waals surface area contributed by atoms with E-state index in [9.17, 15) is 4.79 Å². The second-order valence-electron chi connectivity index (χ2n) is 8.96. The second kappa shape index (κ2) is 8.18. The largest absolute Gasteiger partial charge is 0.367 e. The maximum atomic E-state index is 12.1. The van der Waals surface area contributed by atoms with Crippen LogP contribution in [0.3, 0.4) is 0 Å². The molecule has 3 heterocycles. The summed E-state index contributed by atoms with van der Waals surface area (Å²) in [5.74, 6) is 0.587. The molecule has 1 aliphatic carbocycles. The van der Waals surface area contributed by atoms with Crippen molar-refractivity contribution in [3.63, 3.8) is 0 Å². The predicted octanol–water partition coefficient (Wildman–Crippen LogP) is 1.63. The number of amides is 1. The first kappa shape index (κ1) is 21.4. The highest BCUT2D eigenvalue weighted by molar-refractivity contribution is 5.79. The van der Waals surface area contributed by atoms with Crippen molar-refractivity contribution in [3.8, 4) is 11.4 Å². The van der Waals surface area contributed by atoms with E-state index in [0.717, 1.165) is 29.7 Å². The summed E-state index contributed by atoms with van der Waals surface area (Å²) in [6.45, 7) is 2.73. The van der Waals surface area contributed by atoms with Crippen LogP contribution in [0.4, 0.5) is 11.6 Å². The number of rotatable bonds is 7. The number of nitrogens with zero attached hydrogens (tertiary/aromatic N) is 7. The Bertz CT molecular complexity index is 1160. The van der Waals surface area contributed by atoms with Crippen LogP contribution in [0.1, 0.15) is 25.3 Å². The molecule has 172 valence electrons. The number of nitrogens with two attached hydrogens (primary N) is 1. The van der Waals surface area contributed by atoms with E-state index in [2.05, 4.69) is 32.3 Å². The Morgan fingerprint density at radius 2 is 2.00 bits per heavy atom. The monoisotopic (exact) mass is 449 g/mol. The van der Waals surface area contributed by atoms with Gasteiger partial charge in [-0.25, -0.2) is 14.9 Å². The molecule has 1 aliphatic heterocycles. The van der Waals surface area contributed by atoms with Crippen molar-refractivity contribution in [1.82, 2.24) is 34.7 Å². The highest BCUT2D eigenvalue weighted by atomic mass is 16.7. The number of aryl methyl sites for hydroxylation is 1. The SMILES string of the molecule is CN1OC(C2(C)CC2)N(Cc2ccc(-c3ncnc(Nc4cnn(C)c4)n3)cc2)C1C(N)=O. The summed E-state index contributed by atoms with van der Waals surface area (Å²) < 4.78 is 1.70. The Hall–Kier alpha value is -3.41. The molecular weight excluding hydrogens is 422 g/mol. The Morgan fingerprint density at radius 3 is 2.64 bits per heavy atom. The zero-order valence-corrected chi connectivity index (χ0v) is 18.8. The van der Waals surface area contributed by atoms with Gasteiger partial charge in [0.05, 0.1) is 11.9 Å². The molecule has 1 saturated carbocycles. The third-order valence-electron chi connectivity index (χ3n) is 6.23. The molecule has 0 radical (unpaired) electrons. The molecule has 1 aromatic carbocycles. The first-order chi connectivity index (χ1) is 15.8. The molecule has 2 unspecified atom stereocenters. The van der Waals surface area contributed by atoms with Crippen LogP contribution in [0, 0.1) is 5.41 Å². The standard InChI is InChI=1S/C22H27N9O2/c1-22(8-9-22)20-31(19(17(23)32)30(3)33-20)11-14-4-6-15(7-5-14)18-24-13-25-21(28-18)27-16-10-26-29(2)12-16/h4-7,10,12-13,19-20H,8-9,11H2,1-3H3,(H2,23,32)(H,24,25,27,28). The molecule has 2 aromatic heterocycles. The van der Waals surface area contributed by atoms with Gasteiger partial charge in [-0.15, -0.1) is 0 Å². The normalized spacial score (nSPS) is 22.4. The van der Waals surface area contributed by atoms with Gasteiger partial charge in [0.2, 0.25) is 5.95 Å². The molecule has 2 fully saturated rings. The minimum absolute atomic E-state index is 0.0426. The zero-order valence-electron chi connectivity index (χ0n) is 18.8. The van der Waals surface area contributed by atoms with Crippen LogP contribution in [-0.4, -0.2) is 60.0 Å². The maximum Gasteiger partial charge on any atom is 0.252 e. The minimum atomic E-state index is -0.600. The van der Waals surface area contributed by atoms with Gasteiger partial charge in [-0.1, -0.05) is 31.2 Å². The van der Waals surface area contributed by atoms with Crippen molar-refractivity contribution in [1.29, 1.82) is 0 Å². The maximum absolute atomic E-state index is 12.1. The smallest absolute Gasteiger partial charge is 0.252 e. The van der Waals surface area contributed by atoms with Crippen LogP contribution in [-0.2, 0) is 23.2 Å². The Morgan fingerprint density at radius 1 is 1.24 bits per heavy atom. The van der Waals surface area contributed by atoms with Crippen LogP contribution < -0.4 is 11.1 Å². The van der Waals surface area contributed by atoms with E-state index in [1.165, 1.54) is 6.33 Å². The van der Waals surface area contributed by atoms with Crippen molar-refractivity contribution in [2.45, 2.75) is 38.7 Å². The van der Waals surface area contributed by atoms with E-state index in [4.69, 9.17) is 10.6 Å². The van der Waals surface area contributed by atoms with Gasteiger partial charge < -0.3 is 11.1 Å². The first-order valence-electron chi connectivity index (χ1n) is 10.8. The summed E-state index contributed by atoms with van der Waals surface area (Å²) in [6, 6.07) is 7.95. The number of anilines is 2. The topological polar surface area (TPSA) is 127 Å². The number of nitrogens with one attached hydrogen (secondary N) is 1. The molecule has 1 amide bonds. The van der Waals surface area contributed by atoms with Crippen molar-refractivity contribution >= 4 is 17.5 Å². The third kappa shape index (κ3) is 4.30. The van der Waals surface area contributed by atoms with Crippen LogP contribution in [0.2, 0.25) is 0 Å². The average Bonchev–Trinajstić information content (AvgIpc) is 3.25. The lowest BCUT2D eigenvalue weighted by Gasteiger charge is -2.29. The van der Waals surface area contributed by atoms with Gasteiger partial charge in [-0.05, 0) is 18.4 Å². The number of primary amides is 1. The fraction of sp³-hybridized carbons (Fsp3) is 0.409. The van der Waals surface area contributed by atoms with Gasteiger partial charge in [0.25, 0.3) is 5.91 Å². The van der Waals surface area contributed by atoms with Crippen molar-refractivity contribution in [2.24, 2.45) is 18.2 Å². The molecule has 5 rings (SSSR count). The van der Waals surface area contributed by atoms with E-state index in [-0.39, 0.29) is 11.6 Å². The van der Waals surface area contributed by atoms with E-state index in [1.54, 1.807) is 23.0 Å². The predicted molar refractivity (Wildman–Crippen MR) is 120 cm³/mol. The first-order valence-corrected chi connectivity index (χ1v) is 10.8. The van der Waals surface area contributed by atoms with E-state index >= 15 is 0 Å². The van der Waals surface area contributed by atoms with Gasteiger partial charge in [0.1, 0.15) is 12.6 Å². The summed E-state index contributed by atoms with van der Waals surface area (Å²) in [7, 11) is 3.60. The number of carbonyl (C=O) groups is 1. The summed E-state index contributed by atoms with van der Waals surface area (Å²) in [5.41, 5.74) is 8.44. The lowest BCUT2D eigenvalue weighted by atomic mass is 10.1. The fourth-order valence-corrected chi connectivity index (χ4v) is 4.18. The number of carbonyl (C=O) groups excluding carboxylic acids is 1. The molecule has 3 N–H and O–H groups in total. The number of aromatic nitrogens is 5. The highest BCUT2D eigenvalue weighted by Gasteiger charge is 2.56. The number of likely N-dealkylation sites (N-methyl/N-ethyl adjacent to an activating group) is 1. The lowest BCUT2D eigenvalue weighted by molar-refractivity contribution is -0.168. The van der Waals surface area contributed by atoms with Crippen molar-refractivity contribution < 1.29 is 9.63 Å². The van der Waals surface area contributed by atoms with Crippen molar-refractivity contribution in [2.75, 3.05) is 12.4 Å².